The predicted octanol–water partition coefficient (Wildman–Crippen LogP) is 1.30. The van der Waals surface area contributed by atoms with E-state index >= 15 is 0 Å². The van der Waals surface area contributed by atoms with Gasteiger partial charge in [-0.1, -0.05) is 0 Å². The number of hydrogen-bond acceptors (Lipinski definition) is 3. The highest BCUT2D eigenvalue weighted by Gasteiger charge is 2.18. The van der Waals surface area contributed by atoms with Gasteiger partial charge in [-0.3, -0.25) is 0 Å². The van der Waals surface area contributed by atoms with Gasteiger partial charge in [0.1, 0.15) is 12.1 Å². The zero-order valence-electron chi connectivity index (χ0n) is 7.54. The molecule has 0 bridgehead atoms. The number of rotatable bonds is 1. The van der Waals surface area contributed by atoms with Gasteiger partial charge in [0.05, 0.1) is 0 Å². The monoisotopic (exact) mass is 163 g/mol. The fraction of sp³-hybridized carbons (Fsp3) is 0.556. The molecule has 0 spiro atoms. The molecule has 1 saturated heterocycles. The topological polar surface area (TPSA) is 29.0 Å². The largest absolute Gasteiger partial charge is 0.356 e. The summed E-state index contributed by atoms with van der Waals surface area (Å²) in [4.78, 5) is 10.7. The third kappa shape index (κ3) is 1.05. The van der Waals surface area contributed by atoms with Gasteiger partial charge in [-0.2, -0.15) is 0 Å². The van der Waals surface area contributed by atoms with E-state index in [2.05, 4.69) is 21.8 Å². The second kappa shape index (κ2) is 2.73. The van der Waals surface area contributed by atoms with Crippen LogP contribution in [-0.4, -0.2) is 23.1 Å². The molecule has 1 aliphatic rings. The first-order chi connectivity index (χ1) is 5.79. The lowest BCUT2D eigenvalue weighted by molar-refractivity contribution is 0.606. The van der Waals surface area contributed by atoms with Crippen molar-refractivity contribution in [1.29, 1.82) is 0 Å². The van der Waals surface area contributed by atoms with Crippen LogP contribution in [0.15, 0.2) is 6.33 Å². The molecule has 1 aliphatic heterocycles. The zero-order chi connectivity index (χ0) is 8.55. The lowest BCUT2D eigenvalue weighted by Gasteiger charge is -2.33. The Bertz CT molecular complexity index is 292. The Hall–Kier alpha value is -1.12. The van der Waals surface area contributed by atoms with Crippen LogP contribution in [0.4, 0.5) is 5.82 Å². The molecule has 0 unspecified atom stereocenters. The highest BCUT2D eigenvalue weighted by atomic mass is 15.2. The van der Waals surface area contributed by atoms with Crippen molar-refractivity contribution in [3.63, 3.8) is 0 Å². The van der Waals surface area contributed by atoms with E-state index < -0.39 is 0 Å². The SMILES string of the molecule is Cc1ncnc(N2CCC2)c1C. The van der Waals surface area contributed by atoms with Crippen LogP contribution in [0.2, 0.25) is 0 Å². The second-order valence-corrected chi connectivity index (χ2v) is 3.25. The minimum absolute atomic E-state index is 1.09. The molecule has 0 saturated carbocycles. The van der Waals surface area contributed by atoms with Crippen LogP contribution in [0.25, 0.3) is 0 Å². The fourth-order valence-electron chi connectivity index (χ4n) is 1.37. The van der Waals surface area contributed by atoms with Crippen LogP contribution in [0.5, 0.6) is 0 Å². The number of anilines is 1. The Labute approximate surface area is 72.4 Å². The quantitative estimate of drug-likeness (QED) is 0.625. The molecule has 0 aliphatic carbocycles. The van der Waals surface area contributed by atoms with Crippen LogP contribution >= 0.6 is 0 Å². The summed E-state index contributed by atoms with van der Waals surface area (Å²) in [6.45, 7) is 6.41. The van der Waals surface area contributed by atoms with Gasteiger partial charge in [0.25, 0.3) is 0 Å². The third-order valence-corrected chi connectivity index (χ3v) is 2.47. The van der Waals surface area contributed by atoms with E-state index in [0.717, 1.165) is 24.6 Å². The summed E-state index contributed by atoms with van der Waals surface area (Å²) in [5, 5.41) is 0. The van der Waals surface area contributed by atoms with Gasteiger partial charge in [0, 0.05) is 24.3 Å². The second-order valence-electron chi connectivity index (χ2n) is 3.25. The lowest BCUT2D eigenvalue weighted by atomic mass is 10.1. The van der Waals surface area contributed by atoms with Crippen molar-refractivity contribution < 1.29 is 0 Å². The molecular formula is C9H13N3. The molecule has 3 nitrogen and oxygen atoms in total. The van der Waals surface area contributed by atoms with Crippen molar-refractivity contribution in [3.8, 4) is 0 Å². The molecule has 12 heavy (non-hydrogen) atoms. The first-order valence-corrected chi connectivity index (χ1v) is 4.32. The summed E-state index contributed by atoms with van der Waals surface area (Å²) < 4.78 is 0. The average Bonchev–Trinajstić information content (AvgIpc) is 1.95. The normalized spacial score (nSPS) is 16.0. The van der Waals surface area contributed by atoms with Crippen molar-refractivity contribution in [1.82, 2.24) is 9.97 Å². The highest BCUT2D eigenvalue weighted by Crippen LogP contribution is 2.22. The predicted molar refractivity (Wildman–Crippen MR) is 48.3 cm³/mol. The van der Waals surface area contributed by atoms with Crippen LogP contribution in [0.3, 0.4) is 0 Å². The Morgan fingerprint density at radius 3 is 2.58 bits per heavy atom. The van der Waals surface area contributed by atoms with E-state index in [1.807, 2.05) is 6.92 Å². The highest BCUT2D eigenvalue weighted by molar-refractivity contribution is 5.48. The minimum Gasteiger partial charge on any atom is -0.356 e. The van der Waals surface area contributed by atoms with Crippen molar-refractivity contribution in [3.05, 3.63) is 17.6 Å². The molecular weight excluding hydrogens is 150 g/mol. The Kier molecular flexibility index (Phi) is 1.71. The summed E-state index contributed by atoms with van der Waals surface area (Å²) in [6, 6.07) is 0. The fourth-order valence-corrected chi connectivity index (χ4v) is 1.37. The first-order valence-electron chi connectivity index (χ1n) is 4.32. The summed E-state index contributed by atoms with van der Waals surface area (Å²) in [5.74, 6) is 1.12. The maximum atomic E-state index is 4.28. The van der Waals surface area contributed by atoms with E-state index in [0.29, 0.717) is 0 Å². The van der Waals surface area contributed by atoms with Crippen molar-refractivity contribution >= 4 is 5.82 Å². The van der Waals surface area contributed by atoms with Crippen LogP contribution in [0.1, 0.15) is 17.7 Å². The molecule has 0 amide bonds. The lowest BCUT2D eigenvalue weighted by Crippen LogP contribution is -2.38. The zero-order valence-corrected chi connectivity index (χ0v) is 7.54. The number of aryl methyl sites for hydroxylation is 1. The van der Waals surface area contributed by atoms with Crippen molar-refractivity contribution in [2.24, 2.45) is 0 Å². The smallest absolute Gasteiger partial charge is 0.135 e. The Morgan fingerprint density at radius 1 is 1.25 bits per heavy atom. The molecule has 1 fully saturated rings. The van der Waals surface area contributed by atoms with E-state index in [1.165, 1.54) is 12.0 Å². The van der Waals surface area contributed by atoms with E-state index in [4.69, 9.17) is 0 Å². The van der Waals surface area contributed by atoms with Crippen molar-refractivity contribution in [2.45, 2.75) is 20.3 Å². The standard InChI is InChI=1S/C9H13N3/c1-7-8(2)10-6-11-9(7)12-4-3-5-12/h6H,3-5H2,1-2H3. The maximum absolute atomic E-state index is 4.28. The Balaban J connectivity index is 2.36. The number of nitrogens with zero attached hydrogens (tertiary/aromatic N) is 3. The Morgan fingerprint density at radius 2 is 2.00 bits per heavy atom. The molecule has 2 rings (SSSR count). The number of aromatic nitrogens is 2. The molecule has 1 aromatic rings. The molecule has 3 heteroatoms. The van der Waals surface area contributed by atoms with Gasteiger partial charge in [-0.15, -0.1) is 0 Å². The van der Waals surface area contributed by atoms with Gasteiger partial charge in [-0.05, 0) is 20.3 Å². The molecule has 0 radical (unpaired) electrons. The molecule has 0 atom stereocenters. The van der Waals surface area contributed by atoms with Gasteiger partial charge in [0.2, 0.25) is 0 Å². The number of hydrogen-bond donors (Lipinski definition) is 0. The minimum atomic E-state index is 1.09. The van der Waals surface area contributed by atoms with Crippen LogP contribution in [-0.2, 0) is 0 Å². The van der Waals surface area contributed by atoms with E-state index in [1.54, 1.807) is 6.33 Å². The molecule has 1 aromatic heterocycles. The molecule has 64 valence electrons. The van der Waals surface area contributed by atoms with Gasteiger partial charge in [-0.25, -0.2) is 9.97 Å². The maximum Gasteiger partial charge on any atom is 0.135 e. The molecule has 2 heterocycles. The summed E-state index contributed by atoms with van der Waals surface area (Å²) in [5.41, 5.74) is 2.31. The summed E-state index contributed by atoms with van der Waals surface area (Å²) in [6.07, 6.45) is 2.94. The van der Waals surface area contributed by atoms with Crippen molar-refractivity contribution in [2.75, 3.05) is 18.0 Å². The van der Waals surface area contributed by atoms with Crippen LogP contribution < -0.4 is 4.90 Å². The summed E-state index contributed by atoms with van der Waals surface area (Å²) in [7, 11) is 0. The van der Waals surface area contributed by atoms with Crippen LogP contribution in [0, 0.1) is 13.8 Å². The first kappa shape index (κ1) is 7.53. The van der Waals surface area contributed by atoms with Gasteiger partial charge in [0.15, 0.2) is 0 Å². The summed E-state index contributed by atoms with van der Waals surface area (Å²) >= 11 is 0. The average molecular weight is 163 g/mol. The van der Waals surface area contributed by atoms with E-state index in [9.17, 15) is 0 Å². The van der Waals surface area contributed by atoms with E-state index in [-0.39, 0.29) is 0 Å². The van der Waals surface area contributed by atoms with Gasteiger partial charge < -0.3 is 4.90 Å². The third-order valence-electron chi connectivity index (χ3n) is 2.47. The van der Waals surface area contributed by atoms with Gasteiger partial charge >= 0.3 is 0 Å². The molecule has 0 aromatic carbocycles. The molecule has 0 N–H and O–H groups in total.